The van der Waals surface area contributed by atoms with E-state index >= 15 is 0 Å². The average Bonchev–Trinajstić information content (AvgIpc) is 3.13. The van der Waals surface area contributed by atoms with Crippen LogP contribution in [-0.4, -0.2) is 29.0 Å². The molecule has 0 radical (unpaired) electrons. The number of amides is 1. The lowest BCUT2D eigenvalue weighted by Gasteiger charge is -2.05. The first-order valence-corrected chi connectivity index (χ1v) is 5.60. The first-order valence-electron chi connectivity index (χ1n) is 5.60. The number of aromatic nitrogens is 2. The molecular weight excluding hydrogens is 204 g/mol. The molecule has 1 aromatic heterocycles. The lowest BCUT2D eigenvalue weighted by atomic mass is 10.4. The molecule has 1 aliphatic carbocycles. The van der Waals surface area contributed by atoms with Crippen LogP contribution in [0, 0.1) is 5.92 Å². The summed E-state index contributed by atoms with van der Waals surface area (Å²) >= 11 is 0. The molecule has 0 atom stereocenters. The maximum Gasteiger partial charge on any atom is 0.223 e. The minimum Gasteiger partial charge on any atom is -0.355 e. The molecule has 2 N–H and O–H groups in total. The second-order valence-corrected chi connectivity index (χ2v) is 3.91. The number of carbonyl (C=O) groups excluding carboxylic acids is 1. The van der Waals surface area contributed by atoms with Crippen LogP contribution in [0.5, 0.6) is 0 Å². The maximum atomic E-state index is 11.3. The third kappa shape index (κ3) is 3.58. The van der Waals surface area contributed by atoms with Crippen LogP contribution >= 0.6 is 0 Å². The highest BCUT2D eigenvalue weighted by Crippen LogP contribution is 2.28. The summed E-state index contributed by atoms with van der Waals surface area (Å²) in [6.07, 6.45) is 5.55. The molecule has 0 aliphatic heterocycles. The van der Waals surface area contributed by atoms with Gasteiger partial charge in [0.25, 0.3) is 0 Å². The summed E-state index contributed by atoms with van der Waals surface area (Å²) in [5.74, 6) is 1.26. The van der Waals surface area contributed by atoms with E-state index in [4.69, 9.17) is 0 Å². The number of nitrogens with one attached hydrogen (secondary N) is 2. The van der Waals surface area contributed by atoms with E-state index in [-0.39, 0.29) is 11.8 Å². The second kappa shape index (κ2) is 5.55. The Labute approximate surface area is 94.7 Å². The molecule has 5 nitrogen and oxygen atoms in total. The molecule has 16 heavy (non-hydrogen) atoms. The molecule has 1 amide bonds. The highest BCUT2D eigenvalue weighted by Gasteiger charge is 2.28. The lowest BCUT2D eigenvalue weighted by molar-refractivity contribution is -0.122. The summed E-state index contributed by atoms with van der Waals surface area (Å²) in [5, 5.41) is 6.07. The summed E-state index contributed by atoms with van der Waals surface area (Å²) in [7, 11) is 0. The highest BCUT2D eigenvalue weighted by atomic mass is 16.2. The third-order valence-corrected chi connectivity index (χ3v) is 2.45. The molecule has 0 aromatic carbocycles. The normalized spacial score (nSPS) is 14.8. The molecule has 0 saturated heterocycles. The van der Waals surface area contributed by atoms with Gasteiger partial charge in [0, 0.05) is 31.4 Å². The van der Waals surface area contributed by atoms with Gasteiger partial charge >= 0.3 is 0 Å². The van der Waals surface area contributed by atoms with Crippen LogP contribution in [0.3, 0.4) is 0 Å². The Bertz CT molecular complexity index is 337. The standard InChI is InChI=1S/C11H16N4O/c16-11(9-2-3-9)15-7-6-12-8-10-13-4-1-5-14-10/h1,4-5,9,12H,2-3,6-8H2,(H,15,16). The van der Waals surface area contributed by atoms with Gasteiger partial charge in [0.2, 0.25) is 5.91 Å². The Morgan fingerprint density at radius 3 is 2.75 bits per heavy atom. The van der Waals surface area contributed by atoms with Crippen molar-refractivity contribution in [3.05, 3.63) is 24.3 Å². The Balaban J connectivity index is 1.53. The van der Waals surface area contributed by atoms with E-state index in [1.807, 2.05) is 0 Å². The predicted molar refractivity (Wildman–Crippen MR) is 59.5 cm³/mol. The number of hydrogen-bond donors (Lipinski definition) is 2. The zero-order valence-corrected chi connectivity index (χ0v) is 9.15. The quantitative estimate of drug-likeness (QED) is 0.667. The average molecular weight is 220 g/mol. The van der Waals surface area contributed by atoms with Gasteiger partial charge in [0.15, 0.2) is 0 Å². The lowest BCUT2D eigenvalue weighted by Crippen LogP contribution is -2.32. The van der Waals surface area contributed by atoms with Crippen LogP contribution in [-0.2, 0) is 11.3 Å². The molecule has 5 heteroatoms. The monoisotopic (exact) mass is 220 g/mol. The van der Waals surface area contributed by atoms with Crippen LogP contribution < -0.4 is 10.6 Å². The minimum atomic E-state index is 0.192. The SMILES string of the molecule is O=C(NCCNCc1ncccn1)C1CC1. The Morgan fingerprint density at radius 1 is 1.31 bits per heavy atom. The van der Waals surface area contributed by atoms with Gasteiger partial charge < -0.3 is 10.6 Å². The van der Waals surface area contributed by atoms with Crippen LogP contribution in [0.25, 0.3) is 0 Å². The molecule has 0 spiro atoms. The van der Waals surface area contributed by atoms with E-state index in [1.165, 1.54) is 0 Å². The van der Waals surface area contributed by atoms with Crippen molar-refractivity contribution in [1.82, 2.24) is 20.6 Å². The summed E-state index contributed by atoms with van der Waals surface area (Å²) in [4.78, 5) is 19.5. The Morgan fingerprint density at radius 2 is 2.06 bits per heavy atom. The van der Waals surface area contributed by atoms with Gasteiger partial charge in [-0.2, -0.15) is 0 Å². The molecule has 86 valence electrons. The van der Waals surface area contributed by atoms with E-state index in [2.05, 4.69) is 20.6 Å². The summed E-state index contributed by atoms with van der Waals surface area (Å²) in [6, 6.07) is 1.79. The van der Waals surface area contributed by atoms with E-state index < -0.39 is 0 Å². The Hall–Kier alpha value is -1.49. The number of carbonyl (C=O) groups is 1. The predicted octanol–water partition coefficient (Wildman–Crippen LogP) is 0.0924. The maximum absolute atomic E-state index is 11.3. The van der Waals surface area contributed by atoms with Gasteiger partial charge in [0.05, 0.1) is 6.54 Å². The Kier molecular flexibility index (Phi) is 3.82. The van der Waals surface area contributed by atoms with Crippen LogP contribution in [0.2, 0.25) is 0 Å². The molecule has 2 rings (SSSR count). The van der Waals surface area contributed by atoms with Crippen molar-refractivity contribution in [3.8, 4) is 0 Å². The molecular formula is C11H16N4O. The first kappa shape index (κ1) is 11.0. The highest BCUT2D eigenvalue weighted by molar-refractivity contribution is 5.80. The summed E-state index contributed by atoms with van der Waals surface area (Å²) < 4.78 is 0. The van der Waals surface area contributed by atoms with Gasteiger partial charge in [-0.15, -0.1) is 0 Å². The van der Waals surface area contributed by atoms with Crippen molar-refractivity contribution in [1.29, 1.82) is 0 Å². The zero-order valence-electron chi connectivity index (χ0n) is 9.15. The van der Waals surface area contributed by atoms with Gasteiger partial charge in [-0.25, -0.2) is 9.97 Å². The van der Waals surface area contributed by atoms with Gasteiger partial charge in [-0.05, 0) is 18.9 Å². The molecule has 1 heterocycles. The summed E-state index contributed by atoms with van der Waals surface area (Å²) in [6.45, 7) is 2.05. The summed E-state index contributed by atoms with van der Waals surface area (Å²) in [5.41, 5.74) is 0. The number of hydrogen-bond acceptors (Lipinski definition) is 4. The first-order chi connectivity index (χ1) is 7.86. The fraction of sp³-hybridized carbons (Fsp3) is 0.545. The smallest absolute Gasteiger partial charge is 0.223 e. The molecule has 1 fully saturated rings. The molecule has 1 aromatic rings. The van der Waals surface area contributed by atoms with Crippen molar-refractivity contribution in [2.45, 2.75) is 19.4 Å². The zero-order chi connectivity index (χ0) is 11.2. The number of rotatable bonds is 6. The second-order valence-electron chi connectivity index (χ2n) is 3.91. The largest absolute Gasteiger partial charge is 0.355 e. The van der Waals surface area contributed by atoms with Crippen molar-refractivity contribution in [3.63, 3.8) is 0 Å². The van der Waals surface area contributed by atoms with Crippen LogP contribution in [0.4, 0.5) is 0 Å². The van der Waals surface area contributed by atoms with Crippen LogP contribution in [0.15, 0.2) is 18.5 Å². The molecule has 1 saturated carbocycles. The molecule has 0 unspecified atom stereocenters. The minimum absolute atomic E-state index is 0.192. The topological polar surface area (TPSA) is 66.9 Å². The van der Waals surface area contributed by atoms with Crippen LogP contribution in [0.1, 0.15) is 18.7 Å². The van der Waals surface area contributed by atoms with Gasteiger partial charge in [-0.1, -0.05) is 0 Å². The number of nitrogens with zero attached hydrogens (tertiary/aromatic N) is 2. The van der Waals surface area contributed by atoms with E-state index in [0.717, 1.165) is 25.2 Å². The van der Waals surface area contributed by atoms with E-state index in [9.17, 15) is 4.79 Å². The molecule has 1 aliphatic rings. The van der Waals surface area contributed by atoms with Gasteiger partial charge in [-0.3, -0.25) is 4.79 Å². The van der Waals surface area contributed by atoms with Crippen molar-refractivity contribution in [2.75, 3.05) is 13.1 Å². The van der Waals surface area contributed by atoms with E-state index in [0.29, 0.717) is 13.1 Å². The third-order valence-electron chi connectivity index (χ3n) is 2.45. The molecule has 0 bridgehead atoms. The van der Waals surface area contributed by atoms with Gasteiger partial charge in [0.1, 0.15) is 5.82 Å². The van der Waals surface area contributed by atoms with Crippen molar-refractivity contribution < 1.29 is 4.79 Å². The van der Waals surface area contributed by atoms with E-state index in [1.54, 1.807) is 18.5 Å². The fourth-order valence-corrected chi connectivity index (χ4v) is 1.39. The van der Waals surface area contributed by atoms with Crippen molar-refractivity contribution in [2.24, 2.45) is 5.92 Å². The fourth-order valence-electron chi connectivity index (χ4n) is 1.39. The van der Waals surface area contributed by atoms with Crippen molar-refractivity contribution >= 4 is 5.91 Å².